The summed E-state index contributed by atoms with van der Waals surface area (Å²) in [6.07, 6.45) is 1.39. The van der Waals surface area contributed by atoms with Crippen molar-refractivity contribution in [3.8, 4) is 0 Å². The van der Waals surface area contributed by atoms with Gasteiger partial charge >= 0.3 is 7.60 Å². The van der Waals surface area contributed by atoms with Crippen molar-refractivity contribution in [3.05, 3.63) is 108 Å². The molecule has 0 bridgehead atoms. The van der Waals surface area contributed by atoms with Crippen molar-refractivity contribution >= 4 is 7.60 Å². The summed E-state index contributed by atoms with van der Waals surface area (Å²) in [4.78, 5) is 0. The first-order valence-electron chi connectivity index (χ1n) is 9.77. The fourth-order valence-corrected chi connectivity index (χ4v) is 4.91. The zero-order valence-electron chi connectivity index (χ0n) is 16.9. The highest BCUT2D eigenvalue weighted by Crippen LogP contribution is 2.52. The largest absolute Gasteiger partial charge is 0.346 e. The van der Waals surface area contributed by atoms with Gasteiger partial charge in [-0.05, 0) is 29.5 Å². The summed E-state index contributed by atoms with van der Waals surface area (Å²) in [6.45, 7) is 0. The summed E-state index contributed by atoms with van der Waals surface area (Å²) in [5.41, 5.74) is 3.39. The topological polar surface area (TPSA) is 47.6 Å². The van der Waals surface area contributed by atoms with Crippen LogP contribution in [0.3, 0.4) is 0 Å². The first-order valence-corrected chi connectivity index (χ1v) is 11.4. The van der Waals surface area contributed by atoms with Crippen molar-refractivity contribution in [1.29, 1.82) is 0 Å². The first-order chi connectivity index (χ1) is 14.2. The van der Waals surface area contributed by atoms with E-state index in [4.69, 9.17) is 9.05 Å². The molecule has 1 atom stereocenters. The maximum atomic E-state index is 13.4. The van der Waals surface area contributed by atoms with Crippen LogP contribution in [0, 0.1) is 0 Å². The number of aryl methyl sites for hydroxylation is 1. The molecule has 5 heteroatoms. The van der Waals surface area contributed by atoms with Gasteiger partial charge < -0.3 is 9.05 Å². The Labute approximate surface area is 173 Å². The first kappa shape index (κ1) is 21.5. The molecule has 0 amide bonds. The van der Waals surface area contributed by atoms with Crippen molar-refractivity contribution in [1.82, 2.24) is 5.32 Å². The molecule has 0 aromatic heterocycles. The molecule has 0 aliphatic heterocycles. The average Bonchev–Trinajstić information content (AvgIpc) is 2.80. The SMILES string of the molecule is COP(=O)(OC)C(CCc1ccccc1)NC(c1ccccc1)c1ccccc1. The Morgan fingerprint density at radius 3 is 1.66 bits per heavy atom. The maximum absolute atomic E-state index is 13.4. The molecule has 0 heterocycles. The number of hydrogen-bond acceptors (Lipinski definition) is 4. The molecule has 29 heavy (non-hydrogen) atoms. The second kappa shape index (κ2) is 10.5. The van der Waals surface area contributed by atoms with Gasteiger partial charge in [-0.25, -0.2) is 0 Å². The van der Waals surface area contributed by atoms with Crippen molar-refractivity contribution in [3.63, 3.8) is 0 Å². The molecule has 3 aromatic carbocycles. The molecular formula is C24H28NO3P. The van der Waals surface area contributed by atoms with Crippen molar-refractivity contribution in [2.24, 2.45) is 0 Å². The number of benzene rings is 3. The highest BCUT2D eigenvalue weighted by molar-refractivity contribution is 7.54. The quantitative estimate of drug-likeness (QED) is 0.429. The zero-order valence-corrected chi connectivity index (χ0v) is 17.8. The van der Waals surface area contributed by atoms with E-state index in [0.717, 1.165) is 17.5 Å². The normalized spacial score (nSPS) is 12.8. The van der Waals surface area contributed by atoms with E-state index in [2.05, 4.69) is 41.7 Å². The second-order valence-corrected chi connectivity index (χ2v) is 9.30. The minimum Gasteiger partial charge on any atom is -0.311 e. The van der Waals surface area contributed by atoms with E-state index in [-0.39, 0.29) is 6.04 Å². The molecule has 0 aliphatic carbocycles. The van der Waals surface area contributed by atoms with Crippen LogP contribution in [0.15, 0.2) is 91.0 Å². The van der Waals surface area contributed by atoms with Crippen molar-refractivity contribution < 1.29 is 13.6 Å². The van der Waals surface area contributed by atoms with Crippen LogP contribution in [0.1, 0.15) is 29.2 Å². The van der Waals surface area contributed by atoms with Crippen LogP contribution < -0.4 is 5.32 Å². The standard InChI is InChI=1S/C24H28NO3P/c1-27-29(26,28-2)23(19-18-20-12-6-3-7-13-20)25-24(21-14-8-4-9-15-21)22-16-10-5-11-17-22/h3-17,23-25H,18-19H2,1-2H3. The van der Waals surface area contributed by atoms with Gasteiger partial charge in [0.1, 0.15) is 5.78 Å². The van der Waals surface area contributed by atoms with Gasteiger partial charge in [0.05, 0.1) is 6.04 Å². The van der Waals surface area contributed by atoms with Gasteiger partial charge in [-0.2, -0.15) is 0 Å². The Morgan fingerprint density at radius 1 is 0.759 bits per heavy atom. The number of nitrogens with one attached hydrogen (secondary N) is 1. The Hall–Kier alpha value is -2.23. The average molecular weight is 409 g/mol. The van der Waals surface area contributed by atoms with Crippen LogP contribution in [0.4, 0.5) is 0 Å². The fourth-order valence-electron chi connectivity index (χ4n) is 3.48. The lowest BCUT2D eigenvalue weighted by atomic mass is 9.98. The molecule has 0 spiro atoms. The van der Waals surface area contributed by atoms with Gasteiger partial charge in [-0.15, -0.1) is 0 Å². The molecule has 152 valence electrons. The molecule has 0 radical (unpaired) electrons. The summed E-state index contributed by atoms with van der Waals surface area (Å²) >= 11 is 0. The maximum Gasteiger partial charge on any atom is 0.346 e. The number of rotatable bonds is 10. The molecule has 3 rings (SSSR count). The monoisotopic (exact) mass is 409 g/mol. The summed E-state index contributed by atoms with van der Waals surface area (Å²) in [6, 6.07) is 30.4. The predicted octanol–water partition coefficient (Wildman–Crippen LogP) is 5.81. The highest BCUT2D eigenvalue weighted by atomic mass is 31.2. The second-order valence-electron chi connectivity index (χ2n) is 6.87. The molecule has 1 unspecified atom stereocenters. The van der Waals surface area contributed by atoms with E-state index >= 15 is 0 Å². The van der Waals surface area contributed by atoms with E-state index in [1.54, 1.807) is 0 Å². The molecule has 4 nitrogen and oxygen atoms in total. The molecule has 0 saturated carbocycles. The van der Waals surface area contributed by atoms with Gasteiger partial charge in [0.25, 0.3) is 0 Å². The third kappa shape index (κ3) is 5.65. The van der Waals surface area contributed by atoms with Gasteiger partial charge in [0.2, 0.25) is 0 Å². The van der Waals surface area contributed by atoms with Crippen molar-refractivity contribution in [2.75, 3.05) is 14.2 Å². The smallest absolute Gasteiger partial charge is 0.311 e. The third-order valence-electron chi connectivity index (χ3n) is 5.06. The lowest BCUT2D eigenvalue weighted by Gasteiger charge is -2.30. The van der Waals surface area contributed by atoms with Gasteiger partial charge in [0, 0.05) is 14.2 Å². The molecule has 1 N–H and O–H groups in total. The van der Waals surface area contributed by atoms with Crippen LogP contribution in [0.2, 0.25) is 0 Å². The van der Waals surface area contributed by atoms with E-state index in [1.165, 1.54) is 19.8 Å². The fraction of sp³-hybridized carbons (Fsp3) is 0.250. The molecule has 0 aliphatic rings. The van der Waals surface area contributed by atoms with Gasteiger partial charge in [0.15, 0.2) is 0 Å². The summed E-state index contributed by atoms with van der Waals surface area (Å²) in [5.74, 6) is -0.455. The molecule has 0 fully saturated rings. The van der Waals surface area contributed by atoms with Gasteiger partial charge in [-0.3, -0.25) is 9.88 Å². The Morgan fingerprint density at radius 2 is 1.21 bits per heavy atom. The van der Waals surface area contributed by atoms with Crippen LogP contribution >= 0.6 is 7.60 Å². The summed E-state index contributed by atoms with van der Waals surface area (Å²) in [5, 5.41) is 3.59. The summed E-state index contributed by atoms with van der Waals surface area (Å²) in [7, 11) is -0.442. The van der Waals surface area contributed by atoms with Crippen LogP contribution in [0.5, 0.6) is 0 Å². The van der Waals surface area contributed by atoms with E-state index in [9.17, 15) is 4.57 Å². The van der Waals surface area contributed by atoms with Crippen LogP contribution in [-0.4, -0.2) is 20.0 Å². The van der Waals surface area contributed by atoms with E-state index in [1.807, 2.05) is 54.6 Å². The molecular weight excluding hydrogens is 381 g/mol. The Bertz CT molecular complexity index is 856. The zero-order chi connectivity index (χ0) is 20.5. The van der Waals surface area contributed by atoms with Crippen molar-refractivity contribution in [2.45, 2.75) is 24.7 Å². The van der Waals surface area contributed by atoms with Crippen LogP contribution in [0.25, 0.3) is 0 Å². The van der Waals surface area contributed by atoms with E-state index in [0.29, 0.717) is 6.42 Å². The van der Waals surface area contributed by atoms with Gasteiger partial charge in [-0.1, -0.05) is 91.0 Å². The van der Waals surface area contributed by atoms with E-state index < -0.39 is 13.4 Å². The minimum atomic E-state index is -3.33. The lowest BCUT2D eigenvalue weighted by Crippen LogP contribution is -2.34. The highest BCUT2D eigenvalue weighted by Gasteiger charge is 2.35. The Kier molecular flexibility index (Phi) is 7.79. The number of hydrogen-bond donors (Lipinski definition) is 1. The minimum absolute atomic E-state index is 0.128. The molecule has 3 aromatic rings. The summed E-state index contributed by atoms with van der Waals surface area (Å²) < 4.78 is 24.1. The Balaban J connectivity index is 1.91. The predicted molar refractivity (Wildman–Crippen MR) is 118 cm³/mol. The van der Waals surface area contributed by atoms with Crippen LogP contribution in [-0.2, 0) is 20.0 Å². The lowest BCUT2D eigenvalue weighted by molar-refractivity contribution is 0.254. The molecule has 0 saturated heterocycles. The third-order valence-corrected chi connectivity index (χ3v) is 7.25.